The molecular weight excluding hydrogens is 506 g/mol. The maximum absolute atomic E-state index is 14.1. The molecule has 0 aliphatic rings. The van der Waals surface area contributed by atoms with E-state index in [4.69, 9.17) is 9.47 Å². The summed E-state index contributed by atoms with van der Waals surface area (Å²) < 4.78 is 12.4. The van der Waals surface area contributed by atoms with E-state index in [2.05, 4.69) is 15.6 Å². The van der Waals surface area contributed by atoms with Crippen LogP contribution in [0, 0.1) is 0 Å². The Hall–Kier alpha value is -4.40. The number of fused-ring (bicyclic) bond motifs is 1. The smallest absolute Gasteiger partial charge is 0.247 e. The Kier molecular flexibility index (Phi) is 9.04. The molecule has 0 saturated carbocycles. The Bertz CT molecular complexity index is 1450. The second-order valence-electron chi connectivity index (χ2n) is 10.3. The molecule has 4 rings (SSSR count). The van der Waals surface area contributed by atoms with Crippen molar-refractivity contribution in [2.75, 3.05) is 20.8 Å². The third-order valence-electron chi connectivity index (χ3n) is 7.14. The van der Waals surface area contributed by atoms with Crippen molar-refractivity contribution >= 4 is 22.8 Å². The van der Waals surface area contributed by atoms with Crippen LogP contribution in [0.3, 0.4) is 0 Å². The average molecular weight is 544 g/mol. The van der Waals surface area contributed by atoms with Gasteiger partial charge in [-0.15, -0.1) is 5.10 Å². The van der Waals surface area contributed by atoms with E-state index in [9.17, 15) is 9.59 Å². The standard InChI is InChI=1S/C31H37N5O4/c1-6-31(2,3)32-30(38)29(23-12-8-7-9-13-23)35(19-18-22-16-17-26(39-4)27(20-22)40-5)28(37)21-36-25-15-11-10-14-24(25)33-34-36/h7-17,20,29H,6,18-19,21H2,1-5H3,(H,32,38)/t29-/m0/s1. The first-order valence-corrected chi connectivity index (χ1v) is 13.4. The van der Waals surface area contributed by atoms with Crippen molar-refractivity contribution < 1.29 is 19.1 Å². The molecule has 1 heterocycles. The number of benzene rings is 3. The van der Waals surface area contributed by atoms with Gasteiger partial charge in [-0.1, -0.05) is 60.7 Å². The van der Waals surface area contributed by atoms with Gasteiger partial charge in [0.1, 0.15) is 18.1 Å². The number of methoxy groups -OCH3 is 2. The molecular formula is C31H37N5O4. The van der Waals surface area contributed by atoms with Crippen molar-refractivity contribution in [2.45, 2.75) is 51.7 Å². The Morgan fingerprint density at radius 2 is 1.68 bits per heavy atom. The summed E-state index contributed by atoms with van der Waals surface area (Å²) in [6, 6.07) is 21.7. The normalized spacial score (nSPS) is 12.1. The summed E-state index contributed by atoms with van der Waals surface area (Å²) in [5.74, 6) is 0.756. The molecule has 1 atom stereocenters. The highest BCUT2D eigenvalue weighted by Gasteiger charge is 2.34. The van der Waals surface area contributed by atoms with Gasteiger partial charge in [-0.2, -0.15) is 0 Å². The lowest BCUT2D eigenvalue weighted by Crippen LogP contribution is -2.51. The number of hydrogen-bond donors (Lipinski definition) is 1. The van der Waals surface area contributed by atoms with Crippen LogP contribution >= 0.6 is 0 Å². The molecule has 0 bridgehead atoms. The van der Waals surface area contributed by atoms with Crippen molar-refractivity contribution in [2.24, 2.45) is 0 Å². The van der Waals surface area contributed by atoms with Crippen molar-refractivity contribution in [1.82, 2.24) is 25.2 Å². The lowest BCUT2D eigenvalue weighted by atomic mass is 9.98. The lowest BCUT2D eigenvalue weighted by Gasteiger charge is -2.34. The van der Waals surface area contributed by atoms with Gasteiger partial charge in [-0.05, 0) is 62.1 Å². The first-order chi connectivity index (χ1) is 19.3. The molecule has 0 radical (unpaired) electrons. The molecule has 1 aromatic heterocycles. The number of rotatable bonds is 12. The third-order valence-corrected chi connectivity index (χ3v) is 7.14. The molecule has 40 heavy (non-hydrogen) atoms. The largest absolute Gasteiger partial charge is 0.493 e. The molecule has 1 N–H and O–H groups in total. The summed E-state index contributed by atoms with van der Waals surface area (Å²) in [4.78, 5) is 29.6. The van der Waals surface area contributed by atoms with Gasteiger partial charge < -0.3 is 19.7 Å². The van der Waals surface area contributed by atoms with Crippen molar-refractivity contribution in [3.8, 4) is 11.5 Å². The number of carbonyl (C=O) groups excluding carboxylic acids is 2. The minimum Gasteiger partial charge on any atom is -0.493 e. The van der Waals surface area contributed by atoms with Crippen molar-refractivity contribution in [3.63, 3.8) is 0 Å². The van der Waals surface area contributed by atoms with Crippen LogP contribution in [0.4, 0.5) is 0 Å². The number of nitrogens with zero attached hydrogens (tertiary/aromatic N) is 4. The van der Waals surface area contributed by atoms with Crippen LogP contribution in [-0.2, 0) is 22.6 Å². The second-order valence-corrected chi connectivity index (χ2v) is 10.3. The van der Waals surface area contributed by atoms with Crippen LogP contribution < -0.4 is 14.8 Å². The summed E-state index contributed by atoms with van der Waals surface area (Å²) in [6.45, 7) is 6.21. The van der Waals surface area contributed by atoms with E-state index in [1.165, 1.54) is 0 Å². The summed E-state index contributed by atoms with van der Waals surface area (Å²) in [6.07, 6.45) is 1.24. The molecule has 3 aromatic carbocycles. The van der Waals surface area contributed by atoms with Crippen molar-refractivity contribution in [1.29, 1.82) is 0 Å². The molecule has 210 valence electrons. The minimum atomic E-state index is -0.838. The summed E-state index contributed by atoms with van der Waals surface area (Å²) >= 11 is 0. The Morgan fingerprint density at radius 1 is 0.975 bits per heavy atom. The van der Waals surface area contributed by atoms with Crippen LogP contribution in [0.25, 0.3) is 11.0 Å². The summed E-state index contributed by atoms with van der Waals surface area (Å²) in [5, 5.41) is 11.6. The van der Waals surface area contributed by atoms with E-state index in [1.807, 2.05) is 93.6 Å². The van der Waals surface area contributed by atoms with E-state index >= 15 is 0 Å². The molecule has 9 nitrogen and oxygen atoms in total. The topological polar surface area (TPSA) is 98.6 Å². The molecule has 0 aliphatic heterocycles. The molecule has 2 amide bonds. The highest BCUT2D eigenvalue weighted by Crippen LogP contribution is 2.29. The van der Waals surface area contributed by atoms with Crippen LogP contribution in [0.2, 0.25) is 0 Å². The minimum absolute atomic E-state index is 0.0553. The zero-order valence-corrected chi connectivity index (χ0v) is 23.8. The number of para-hydroxylation sites is 1. The van der Waals surface area contributed by atoms with Gasteiger partial charge in [-0.3, -0.25) is 9.59 Å². The number of ether oxygens (including phenoxy) is 2. The van der Waals surface area contributed by atoms with E-state index in [1.54, 1.807) is 23.8 Å². The third kappa shape index (κ3) is 6.59. The second kappa shape index (κ2) is 12.6. The maximum atomic E-state index is 14.1. The zero-order valence-electron chi connectivity index (χ0n) is 23.8. The Labute approximate surface area is 235 Å². The lowest BCUT2D eigenvalue weighted by molar-refractivity contribution is -0.142. The van der Waals surface area contributed by atoms with E-state index in [0.717, 1.165) is 23.1 Å². The van der Waals surface area contributed by atoms with Gasteiger partial charge in [0.2, 0.25) is 11.8 Å². The summed E-state index contributed by atoms with van der Waals surface area (Å²) in [7, 11) is 3.18. The molecule has 9 heteroatoms. The zero-order chi connectivity index (χ0) is 28.7. The van der Waals surface area contributed by atoms with Crippen molar-refractivity contribution in [3.05, 3.63) is 83.9 Å². The fourth-order valence-electron chi connectivity index (χ4n) is 4.54. The Morgan fingerprint density at radius 3 is 2.38 bits per heavy atom. The monoisotopic (exact) mass is 543 g/mol. The van der Waals surface area contributed by atoms with E-state index in [0.29, 0.717) is 30.0 Å². The fraction of sp³-hybridized carbons (Fsp3) is 0.355. The molecule has 0 unspecified atom stereocenters. The number of amides is 2. The maximum Gasteiger partial charge on any atom is 0.247 e. The predicted octanol–water partition coefficient (Wildman–Crippen LogP) is 4.57. The molecule has 0 saturated heterocycles. The quantitative estimate of drug-likeness (QED) is 0.281. The van der Waals surface area contributed by atoms with Crippen LogP contribution in [-0.4, -0.2) is 58.0 Å². The molecule has 4 aromatic rings. The Balaban J connectivity index is 1.71. The number of aromatic nitrogens is 3. The van der Waals surface area contributed by atoms with E-state index in [-0.39, 0.29) is 18.4 Å². The van der Waals surface area contributed by atoms with Crippen LogP contribution in [0.15, 0.2) is 72.8 Å². The van der Waals surface area contributed by atoms with Gasteiger partial charge in [-0.25, -0.2) is 4.68 Å². The van der Waals surface area contributed by atoms with Gasteiger partial charge in [0.05, 0.1) is 19.7 Å². The SMILES string of the molecule is CCC(C)(C)NC(=O)[C@H](c1ccccc1)N(CCc1ccc(OC)c(OC)c1)C(=O)Cn1nnc2ccccc21. The highest BCUT2D eigenvalue weighted by molar-refractivity contribution is 5.89. The van der Waals surface area contributed by atoms with Crippen LogP contribution in [0.5, 0.6) is 11.5 Å². The molecule has 0 fully saturated rings. The van der Waals surface area contributed by atoms with Gasteiger partial charge >= 0.3 is 0 Å². The van der Waals surface area contributed by atoms with E-state index < -0.39 is 11.6 Å². The first kappa shape index (κ1) is 28.6. The number of nitrogens with one attached hydrogen (secondary N) is 1. The van der Waals surface area contributed by atoms with Gasteiger partial charge in [0, 0.05) is 12.1 Å². The fourth-order valence-corrected chi connectivity index (χ4v) is 4.54. The number of carbonyl (C=O) groups is 2. The van der Waals surface area contributed by atoms with Crippen LogP contribution in [0.1, 0.15) is 44.4 Å². The average Bonchev–Trinajstić information content (AvgIpc) is 3.37. The highest BCUT2D eigenvalue weighted by atomic mass is 16.5. The number of hydrogen-bond acceptors (Lipinski definition) is 6. The molecule has 0 aliphatic carbocycles. The van der Waals surface area contributed by atoms with Gasteiger partial charge in [0.25, 0.3) is 0 Å². The molecule has 0 spiro atoms. The summed E-state index contributed by atoms with van der Waals surface area (Å²) in [5.41, 5.74) is 2.70. The predicted molar refractivity (Wildman–Crippen MR) is 154 cm³/mol. The van der Waals surface area contributed by atoms with Gasteiger partial charge in [0.15, 0.2) is 11.5 Å². The first-order valence-electron chi connectivity index (χ1n) is 13.4.